The number of phenolic OH excluding ortho intramolecular Hbond substituents is 3. The van der Waals surface area contributed by atoms with Crippen molar-refractivity contribution in [3.63, 3.8) is 0 Å². The number of aliphatic hydroxyl groups is 1. The van der Waals surface area contributed by atoms with Gasteiger partial charge < -0.3 is 30.2 Å². The molecule has 2 aromatic carbocycles. The third-order valence-corrected chi connectivity index (χ3v) is 5.56. The van der Waals surface area contributed by atoms with Gasteiger partial charge >= 0.3 is 6.80 Å². The summed E-state index contributed by atoms with van der Waals surface area (Å²) in [6.07, 6.45) is -1.32. The molecule has 0 amide bonds. The second kappa shape index (κ2) is 7.04. The Morgan fingerprint density at radius 3 is 2.29 bits per heavy atom. The Hall–Kier alpha value is -1.70. The van der Waals surface area contributed by atoms with Gasteiger partial charge in [-0.2, -0.15) is 0 Å². The molecule has 24 heavy (non-hydrogen) atoms. The molecular formula is C15H17O7PS. The van der Waals surface area contributed by atoms with Crippen molar-refractivity contribution in [1.82, 2.24) is 0 Å². The van der Waals surface area contributed by atoms with Gasteiger partial charge in [0.15, 0.2) is 0 Å². The molecule has 0 radical (unpaired) electrons. The zero-order valence-electron chi connectivity index (χ0n) is 12.6. The van der Waals surface area contributed by atoms with Gasteiger partial charge in [0.25, 0.3) is 0 Å². The fourth-order valence-corrected chi connectivity index (χ4v) is 4.31. The minimum Gasteiger partial charge on any atom is -0.508 e. The molecule has 0 spiro atoms. The predicted molar refractivity (Wildman–Crippen MR) is 89.2 cm³/mol. The monoisotopic (exact) mass is 372 g/mol. The van der Waals surface area contributed by atoms with Crippen LogP contribution < -0.4 is 0 Å². The molecule has 2 atom stereocenters. The molecule has 0 heterocycles. The molecule has 0 saturated carbocycles. The summed E-state index contributed by atoms with van der Waals surface area (Å²) in [5.41, 5.74) is 0.471. The number of aliphatic hydroxyl groups excluding tert-OH is 1. The van der Waals surface area contributed by atoms with Crippen LogP contribution in [0.25, 0.3) is 0 Å². The van der Waals surface area contributed by atoms with Crippen LogP contribution in [0.4, 0.5) is 0 Å². The lowest BCUT2D eigenvalue weighted by Gasteiger charge is -2.23. The maximum absolute atomic E-state index is 11.3. The Balaban J connectivity index is 2.48. The minimum atomic E-state index is -4.56. The van der Waals surface area contributed by atoms with Crippen LogP contribution in [-0.4, -0.2) is 30.2 Å². The summed E-state index contributed by atoms with van der Waals surface area (Å²) in [5.74, 6) is -1.45. The third-order valence-electron chi connectivity index (χ3n) is 3.49. The average Bonchev–Trinajstić information content (AvgIpc) is 2.43. The summed E-state index contributed by atoms with van der Waals surface area (Å²) >= 11 is 0.137. The molecule has 0 bridgehead atoms. The fraction of sp³-hybridized carbons (Fsp3) is 0.200. The van der Waals surface area contributed by atoms with E-state index in [1.54, 1.807) is 19.1 Å². The number of phenols is 3. The van der Waals surface area contributed by atoms with Crippen molar-refractivity contribution >= 4 is 18.2 Å². The lowest BCUT2D eigenvalue weighted by atomic mass is 9.90. The number of benzene rings is 2. The molecule has 0 aliphatic carbocycles. The van der Waals surface area contributed by atoms with E-state index in [1.165, 1.54) is 12.1 Å². The van der Waals surface area contributed by atoms with E-state index in [1.807, 2.05) is 0 Å². The van der Waals surface area contributed by atoms with E-state index in [4.69, 9.17) is 9.79 Å². The topological polar surface area (TPSA) is 138 Å². The van der Waals surface area contributed by atoms with Crippen LogP contribution in [0.1, 0.15) is 30.1 Å². The Labute approximate surface area is 142 Å². The smallest absolute Gasteiger partial charge is 0.388 e. The first-order valence-corrected chi connectivity index (χ1v) is 9.90. The molecule has 0 aromatic heterocycles. The first kappa shape index (κ1) is 18.6. The first-order chi connectivity index (χ1) is 11.1. The van der Waals surface area contributed by atoms with Crippen LogP contribution >= 0.6 is 18.2 Å². The highest BCUT2D eigenvalue weighted by Crippen LogP contribution is 2.58. The van der Waals surface area contributed by atoms with Crippen molar-refractivity contribution in [3.05, 3.63) is 47.5 Å². The van der Waals surface area contributed by atoms with Crippen LogP contribution in [0.15, 0.2) is 41.3 Å². The first-order valence-electron chi connectivity index (χ1n) is 6.86. The molecule has 130 valence electrons. The number of rotatable bonds is 5. The van der Waals surface area contributed by atoms with E-state index in [0.717, 1.165) is 12.1 Å². The minimum absolute atomic E-state index is 0.00583. The van der Waals surface area contributed by atoms with Gasteiger partial charge in [-0.3, -0.25) is 0 Å². The van der Waals surface area contributed by atoms with Gasteiger partial charge in [0.05, 0.1) is 6.10 Å². The molecule has 6 N–H and O–H groups in total. The molecule has 9 heteroatoms. The Morgan fingerprint density at radius 1 is 1.04 bits per heavy atom. The highest BCUT2D eigenvalue weighted by molar-refractivity contribution is 8.54. The summed E-state index contributed by atoms with van der Waals surface area (Å²) in [6.45, 7) is -2.92. The summed E-state index contributed by atoms with van der Waals surface area (Å²) in [4.78, 5) is 18.2. The van der Waals surface area contributed by atoms with Gasteiger partial charge in [0.2, 0.25) is 0 Å². The van der Waals surface area contributed by atoms with Crippen molar-refractivity contribution in [2.45, 2.75) is 23.8 Å². The molecular weight excluding hydrogens is 355 g/mol. The molecule has 2 unspecified atom stereocenters. The number of hydrogen-bond donors (Lipinski definition) is 6. The van der Waals surface area contributed by atoms with Crippen molar-refractivity contribution in [2.75, 3.05) is 0 Å². The van der Waals surface area contributed by atoms with E-state index in [0.29, 0.717) is 5.56 Å². The number of hydrogen-bond acceptors (Lipinski definition) is 6. The lowest BCUT2D eigenvalue weighted by Crippen LogP contribution is -2.09. The van der Waals surface area contributed by atoms with Crippen molar-refractivity contribution in [3.8, 4) is 17.2 Å². The van der Waals surface area contributed by atoms with Crippen LogP contribution in [-0.2, 0) is 4.57 Å². The molecule has 0 fully saturated rings. The molecule has 2 rings (SSSR count). The lowest BCUT2D eigenvalue weighted by molar-refractivity contribution is 0.145. The van der Waals surface area contributed by atoms with Gasteiger partial charge in [-0.15, -0.1) is 0 Å². The predicted octanol–water partition coefficient (Wildman–Crippen LogP) is 2.83. The zero-order valence-corrected chi connectivity index (χ0v) is 14.3. The molecule has 2 aromatic rings. The summed E-state index contributed by atoms with van der Waals surface area (Å²) in [5, 5.41) is 39.7. The van der Waals surface area contributed by atoms with Crippen molar-refractivity contribution in [1.29, 1.82) is 0 Å². The highest BCUT2D eigenvalue weighted by Gasteiger charge is 2.28. The average molecular weight is 372 g/mol. The highest BCUT2D eigenvalue weighted by atomic mass is 32.7. The van der Waals surface area contributed by atoms with Gasteiger partial charge in [0, 0.05) is 22.4 Å². The van der Waals surface area contributed by atoms with E-state index in [2.05, 4.69) is 0 Å². The maximum Gasteiger partial charge on any atom is 0.388 e. The normalized spacial score (nSPS) is 14.3. The van der Waals surface area contributed by atoms with Crippen LogP contribution in [0.5, 0.6) is 17.2 Å². The quantitative estimate of drug-likeness (QED) is 0.441. The summed E-state index contributed by atoms with van der Waals surface area (Å²) in [6, 6.07) is 8.22. The van der Waals surface area contributed by atoms with E-state index in [9.17, 15) is 25.0 Å². The van der Waals surface area contributed by atoms with Crippen molar-refractivity contribution < 1.29 is 34.8 Å². The van der Waals surface area contributed by atoms with Gasteiger partial charge in [0.1, 0.15) is 17.2 Å². The molecule has 0 saturated heterocycles. The van der Waals surface area contributed by atoms with E-state index >= 15 is 0 Å². The second-order valence-corrected chi connectivity index (χ2v) is 8.87. The van der Waals surface area contributed by atoms with Crippen LogP contribution in [0.2, 0.25) is 0 Å². The largest absolute Gasteiger partial charge is 0.508 e. The SMILES string of the molecule is CC(c1cccc(O)c1)C(O)c1c(O)cc(O)cc1SP(=O)(O)O. The standard InChI is InChI=1S/C15H17O7PS/c1-8(9-3-2-4-10(16)5-9)15(19)14-12(18)6-11(17)7-13(14)24-23(20,21)22/h2-8,15-19H,1H3,(H2,20,21,22). The van der Waals surface area contributed by atoms with Gasteiger partial charge in [-0.05, 0) is 35.1 Å². The van der Waals surface area contributed by atoms with E-state index in [-0.39, 0.29) is 33.3 Å². The van der Waals surface area contributed by atoms with Gasteiger partial charge in [-0.1, -0.05) is 19.1 Å². The fourth-order valence-electron chi connectivity index (χ4n) is 2.34. The van der Waals surface area contributed by atoms with E-state index < -0.39 is 24.6 Å². The second-order valence-electron chi connectivity index (χ2n) is 5.29. The van der Waals surface area contributed by atoms with Crippen LogP contribution in [0.3, 0.4) is 0 Å². The Bertz CT molecular complexity index is 789. The summed E-state index contributed by atoms with van der Waals surface area (Å²) in [7, 11) is 0. The summed E-state index contributed by atoms with van der Waals surface area (Å²) < 4.78 is 11.3. The molecule has 7 nitrogen and oxygen atoms in total. The zero-order chi connectivity index (χ0) is 18.1. The van der Waals surface area contributed by atoms with Crippen molar-refractivity contribution in [2.24, 2.45) is 0 Å². The van der Waals surface area contributed by atoms with Crippen LogP contribution in [0, 0.1) is 0 Å². The molecule has 0 aliphatic rings. The maximum atomic E-state index is 11.3. The van der Waals surface area contributed by atoms with Gasteiger partial charge in [-0.25, -0.2) is 4.57 Å². The Kier molecular flexibility index (Phi) is 5.47. The molecule has 0 aliphatic heterocycles. The third kappa shape index (κ3) is 4.43. The number of aromatic hydroxyl groups is 3. The Morgan fingerprint density at radius 2 is 1.71 bits per heavy atom.